The lowest BCUT2D eigenvalue weighted by Gasteiger charge is -2.38. The summed E-state index contributed by atoms with van der Waals surface area (Å²) in [7, 11) is 1.40. The molecule has 1 saturated heterocycles. The zero-order valence-corrected chi connectivity index (χ0v) is 16.6. The average Bonchev–Trinajstić information content (AvgIpc) is 2.74. The number of piperazine rings is 1. The Morgan fingerprint density at radius 1 is 0.929 bits per heavy atom. The van der Waals surface area contributed by atoms with Gasteiger partial charge in [-0.25, -0.2) is 9.78 Å². The third kappa shape index (κ3) is 3.17. The topological polar surface area (TPSA) is 45.7 Å². The molecule has 2 heterocycles. The molecule has 0 unspecified atom stereocenters. The molecular formula is C23H25N3O2. The van der Waals surface area contributed by atoms with Gasteiger partial charge in [-0.05, 0) is 31.0 Å². The second-order valence-corrected chi connectivity index (χ2v) is 7.23. The maximum atomic E-state index is 12.1. The van der Waals surface area contributed by atoms with Gasteiger partial charge in [-0.1, -0.05) is 36.4 Å². The predicted molar refractivity (Wildman–Crippen MR) is 113 cm³/mol. The van der Waals surface area contributed by atoms with Crippen LogP contribution in [0, 0.1) is 13.8 Å². The van der Waals surface area contributed by atoms with Crippen LogP contribution in [0.3, 0.4) is 0 Å². The molecule has 1 aliphatic rings. The molecule has 4 rings (SSSR count). The predicted octanol–water partition coefficient (Wildman–Crippen LogP) is 3.96. The molecule has 1 fully saturated rings. The van der Waals surface area contributed by atoms with Crippen molar-refractivity contribution in [2.75, 3.05) is 43.1 Å². The lowest BCUT2D eigenvalue weighted by molar-refractivity contribution is 0.0602. The Labute approximate surface area is 165 Å². The van der Waals surface area contributed by atoms with Crippen LogP contribution >= 0.6 is 0 Å². The molecule has 0 radical (unpaired) electrons. The Kier molecular flexibility index (Phi) is 4.90. The lowest BCUT2D eigenvalue weighted by atomic mass is 10.1. The number of benzene rings is 2. The number of anilines is 2. The van der Waals surface area contributed by atoms with E-state index in [4.69, 9.17) is 4.74 Å². The molecule has 0 atom stereocenters. The number of pyridine rings is 1. The summed E-state index contributed by atoms with van der Waals surface area (Å²) in [6, 6.07) is 14.4. The second kappa shape index (κ2) is 7.50. The fourth-order valence-corrected chi connectivity index (χ4v) is 3.94. The van der Waals surface area contributed by atoms with E-state index in [2.05, 4.69) is 46.8 Å². The minimum Gasteiger partial charge on any atom is -0.465 e. The SMILES string of the molecule is COC(=O)c1cnc(N2CCN(c3cccc(C)c3C)CC2)c2ccccc12. The van der Waals surface area contributed by atoms with Gasteiger partial charge in [0.25, 0.3) is 0 Å². The van der Waals surface area contributed by atoms with Crippen molar-refractivity contribution in [2.45, 2.75) is 13.8 Å². The first-order valence-electron chi connectivity index (χ1n) is 9.62. The van der Waals surface area contributed by atoms with Gasteiger partial charge in [-0.2, -0.15) is 0 Å². The third-order valence-corrected chi connectivity index (χ3v) is 5.68. The van der Waals surface area contributed by atoms with Gasteiger partial charge < -0.3 is 14.5 Å². The molecule has 2 aromatic carbocycles. The van der Waals surface area contributed by atoms with Gasteiger partial charge in [0.05, 0.1) is 12.7 Å². The van der Waals surface area contributed by atoms with Crippen LogP contribution in [-0.2, 0) is 4.74 Å². The molecule has 0 saturated carbocycles. The minimum absolute atomic E-state index is 0.352. The van der Waals surface area contributed by atoms with Crippen molar-refractivity contribution in [2.24, 2.45) is 0 Å². The van der Waals surface area contributed by atoms with E-state index in [9.17, 15) is 4.79 Å². The van der Waals surface area contributed by atoms with Crippen LogP contribution in [-0.4, -0.2) is 44.2 Å². The first-order valence-corrected chi connectivity index (χ1v) is 9.62. The molecule has 144 valence electrons. The van der Waals surface area contributed by atoms with Gasteiger partial charge in [0.2, 0.25) is 0 Å². The zero-order valence-electron chi connectivity index (χ0n) is 16.6. The van der Waals surface area contributed by atoms with Crippen molar-refractivity contribution >= 4 is 28.2 Å². The molecule has 0 amide bonds. The second-order valence-electron chi connectivity index (χ2n) is 7.23. The largest absolute Gasteiger partial charge is 0.465 e. The van der Waals surface area contributed by atoms with Crippen molar-refractivity contribution in [3.8, 4) is 0 Å². The standard InChI is InChI=1S/C23H25N3O2/c1-16-7-6-10-21(17(16)2)25-11-13-26(14-12-25)22-19-9-5-4-8-18(19)20(15-24-22)23(27)28-3/h4-10,15H,11-14H2,1-3H3. The maximum absolute atomic E-state index is 12.1. The molecule has 0 aliphatic carbocycles. The average molecular weight is 375 g/mol. The molecule has 0 spiro atoms. The van der Waals surface area contributed by atoms with Gasteiger partial charge in [0.15, 0.2) is 0 Å². The number of methoxy groups -OCH3 is 1. The van der Waals surface area contributed by atoms with Gasteiger partial charge in [-0.3, -0.25) is 0 Å². The van der Waals surface area contributed by atoms with Crippen LogP contribution in [0.1, 0.15) is 21.5 Å². The number of rotatable bonds is 3. The first-order chi connectivity index (χ1) is 13.6. The summed E-state index contributed by atoms with van der Waals surface area (Å²) < 4.78 is 4.91. The van der Waals surface area contributed by atoms with Crippen molar-refractivity contribution in [1.82, 2.24) is 4.98 Å². The zero-order chi connectivity index (χ0) is 19.7. The smallest absolute Gasteiger partial charge is 0.340 e. The first kappa shape index (κ1) is 18.3. The summed E-state index contributed by atoms with van der Waals surface area (Å²) >= 11 is 0. The van der Waals surface area contributed by atoms with Gasteiger partial charge >= 0.3 is 5.97 Å². The highest BCUT2D eigenvalue weighted by atomic mass is 16.5. The van der Waals surface area contributed by atoms with Crippen molar-refractivity contribution in [1.29, 1.82) is 0 Å². The fourth-order valence-electron chi connectivity index (χ4n) is 3.94. The van der Waals surface area contributed by atoms with Crippen LogP contribution < -0.4 is 9.80 Å². The number of ether oxygens (including phenoxy) is 1. The van der Waals surface area contributed by atoms with E-state index < -0.39 is 0 Å². The van der Waals surface area contributed by atoms with Crippen LogP contribution in [0.25, 0.3) is 10.8 Å². The van der Waals surface area contributed by atoms with Gasteiger partial charge in [-0.15, -0.1) is 0 Å². The van der Waals surface area contributed by atoms with E-state index in [-0.39, 0.29) is 5.97 Å². The number of fused-ring (bicyclic) bond motifs is 1. The summed E-state index contributed by atoms with van der Waals surface area (Å²) in [4.78, 5) is 21.5. The molecule has 0 bridgehead atoms. The lowest BCUT2D eigenvalue weighted by Crippen LogP contribution is -2.47. The summed E-state index contributed by atoms with van der Waals surface area (Å²) in [5, 5.41) is 1.88. The molecule has 0 N–H and O–H groups in total. The van der Waals surface area contributed by atoms with E-state index in [1.54, 1.807) is 6.20 Å². The normalized spacial score (nSPS) is 14.4. The van der Waals surface area contributed by atoms with Crippen molar-refractivity contribution < 1.29 is 9.53 Å². The van der Waals surface area contributed by atoms with Crippen molar-refractivity contribution in [3.05, 3.63) is 65.4 Å². The number of carbonyl (C=O) groups excluding carboxylic acids is 1. The van der Waals surface area contributed by atoms with Crippen LogP contribution in [0.15, 0.2) is 48.7 Å². The highest BCUT2D eigenvalue weighted by Crippen LogP contribution is 2.30. The number of esters is 1. The molecule has 3 aromatic rings. The Bertz CT molecular complexity index is 1020. The number of aromatic nitrogens is 1. The minimum atomic E-state index is -0.352. The summed E-state index contributed by atoms with van der Waals surface area (Å²) in [6.45, 7) is 8.02. The van der Waals surface area contributed by atoms with E-state index in [0.717, 1.165) is 42.8 Å². The Hall–Kier alpha value is -3.08. The van der Waals surface area contributed by atoms with Crippen LogP contribution in [0.5, 0.6) is 0 Å². The van der Waals surface area contributed by atoms with E-state index in [1.807, 2.05) is 24.3 Å². The van der Waals surface area contributed by atoms with E-state index in [1.165, 1.54) is 23.9 Å². The van der Waals surface area contributed by atoms with Crippen LogP contribution in [0.4, 0.5) is 11.5 Å². The van der Waals surface area contributed by atoms with E-state index in [0.29, 0.717) is 5.56 Å². The van der Waals surface area contributed by atoms with E-state index >= 15 is 0 Å². The molecule has 28 heavy (non-hydrogen) atoms. The third-order valence-electron chi connectivity index (χ3n) is 5.68. The highest BCUT2D eigenvalue weighted by Gasteiger charge is 2.22. The van der Waals surface area contributed by atoms with Gasteiger partial charge in [0.1, 0.15) is 5.82 Å². The van der Waals surface area contributed by atoms with Crippen molar-refractivity contribution in [3.63, 3.8) is 0 Å². The van der Waals surface area contributed by atoms with Gasteiger partial charge in [0, 0.05) is 48.8 Å². The highest BCUT2D eigenvalue weighted by molar-refractivity contribution is 6.07. The number of nitrogens with zero attached hydrogens (tertiary/aromatic N) is 3. The quantitative estimate of drug-likeness (QED) is 0.649. The number of aryl methyl sites for hydroxylation is 1. The number of carbonyl (C=O) groups is 1. The monoisotopic (exact) mass is 375 g/mol. The fraction of sp³-hybridized carbons (Fsp3) is 0.304. The number of hydrogen-bond acceptors (Lipinski definition) is 5. The molecule has 5 heteroatoms. The molecular weight excluding hydrogens is 350 g/mol. The Morgan fingerprint density at radius 2 is 1.61 bits per heavy atom. The maximum Gasteiger partial charge on any atom is 0.340 e. The summed E-state index contributed by atoms with van der Waals surface area (Å²) in [5.41, 5.74) is 4.50. The summed E-state index contributed by atoms with van der Waals surface area (Å²) in [6.07, 6.45) is 1.64. The number of hydrogen-bond donors (Lipinski definition) is 0. The Balaban J connectivity index is 1.61. The molecule has 1 aromatic heterocycles. The molecule has 5 nitrogen and oxygen atoms in total. The Morgan fingerprint density at radius 3 is 2.32 bits per heavy atom. The summed E-state index contributed by atoms with van der Waals surface area (Å²) in [5.74, 6) is 0.582. The van der Waals surface area contributed by atoms with Crippen LogP contribution in [0.2, 0.25) is 0 Å². The molecule has 1 aliphatic heterocycles.